The molecule has 1 aromatic heterocycles. The second-order valence-corrected chi connectivity index (χ2v) is 6.04. The third-order valence-electron chi connectivity index (χ3n) is 3.09. The van der Waals surface area contributed by atoms with Gasteiger partial charge in [0.25, 0.3) is 0 Å². The summed E-state index contributed by atoms with van der Waals surface area (Å²) in [6.07, 6.45) is 0. The van der Waals surface area contributed by atoms with Crippen molar-refractivity contribution in [2.24, 2.45) is 5.73 Å². The quantitative estimate of drug-likeness (QED) is 0.849. The zero-order valence-electron chi connectivity index (χ0n) is 11.4. The molecule has 0 aliphatic carbocycles. The van der Waals surface area contributed by atoms with Crippen LogP contribution in [0.15, 0.2) is 12.1 Å². The van der Waals surface area contributed by atoms with Gasteiger partial charge >= 0.3 is 0 Å². The van der Waals surface area contributed by atoms with Crippen LogP contribution in [0.2, 0.25) is 0 Å². The Bertz CT molecular complexity index is 338. The first kappa shape index (κ1) is 14.6. The van der Waals surface area contributed by atoms with E-state index in [2.05, 4.69) is 44.9 Å². The van der Waals surface area contributed by atoms with E-state index in [0.29, 0.717) is 6.04 Å². The summed E-state index contributed by atoms with van der Waals surface area (Å²) in [6, 6.07) is 5.07. The lowest BCUT2D eigenvalue weighted by molar-refractivity contribution is 0.0831. The molecule has 0 saturated carbocycles. The minimum absolute atomic E-state index is 0.109. The Morgan fingerprint density at radius 3 is 2.47 bits per heavy atom. The molecule has 98 valence electrons. The summed E-state index contributed by atoms with van der Waals surface area (Å²) >= 11 is 1.83. The van der Waals surface area contributed by atoms with Crippen LogP contribution >= 0.6 is 11.3 Å². The van der Waals surface area contributed by atoms with Crippen molar-refractivity contribution < 1.29 is 4.74 Å². The Morgan fingerprint density at radius 1 is 1.41 bits per heavy atom. The van der Waals surface area contributed by atoms with Crippen molar-refractivity contribution in [3.63, 3.8) is 0 Å². The average Bonchev–Trinajstić information content (AvgIpc) is 2.64. The second-order valence-electron chi connectivity index (χ2n) is 4.72. The highest BCUT2D eigenvalue weighted by Gasteiger charge is 2.25. The molecule has 1 heterocycles. The number of ether oxygens (including phenoxy) is 1. The van der Waals surface area contributed by atoms with Crippen molar-refractivity contribution in [1.82, 2.24) is 4.90 Å². The SMILES string of the molecule is COCC(C)N(C)C(c1ccc(C)s1)C(C)N. The van der Waals surface area contributed by atoms with Crippen molar-refractivity contribution in [3.8, 4) is 0 Å². The summed E-state index contributed by atoms with van der Waals surface area (Å²) in [6.45, 7) is 7.09. The van der Waals surface area contributed by atoms with Crippen LogP contribution in [0, 0.1) is 6.92 Å². The predicted molar refractivity (Wildman–Crippen MR) is 74.5 cm³/mol. The first-order valence-corrected chi connectivity index (χ1v) is 6.81. The molecule has 0 spiro atoms. The van der Waals surface area contributed by atoms with E-state index < -0.39 is 0 Å². The van der Waals surface area contributed by atoms with Gasteiger partial charge in [0, 0.05) is 28.9 Å². The molecule has 2 N–H and O–H groups in total. The predicted octanol–water partition coefficient (Wildman–Crippen LogP) is 2.41. The van der Waals surface area contributed by atoms with Gasteiger partial charge in [-0.15, -0.1) is 11.3 Å². The monoisotopic (exact) mass is 256 g/mol. The number of hydrogen-bond acceptors (Lipinski definition) is 4. The molecule has 0 amide bonds. The second kappa shape index (κ2) is 6.50. The van der Waals surface area contributed by atoms with Crippen LogP contribution in [-0.4, -0.2) is 37.7 Å². The number of thiophene rings is 1. The van der Waals surface area contributed by atoms with E-state index in [0.717, 1.165) is 6.61 Å². The third kappa shape index (κ3) is 3.78. The smallest absolute Gasteiger partial charge is 0.0615 e. The largest absolute Gasteiger partial charge is 0.383 e. The summed E-state index contributed by atoms with van der Waals surface area (Å²) in [4.78, 5) is 4.97. The number of hydrogen-bond donors (Lipinski definition) is 1. The van der Waals surface area contributed by atoms with Gasteiger partial charge in [0.15, 0.2) is 0 Å². The zero-order valence-corrected chi connectivity index (χ0v) is 12.3. The topological polar surface area (TPSA) is 38.5 Å². The van der Waals surface area contributed by atoms with E-state index in [1.165, 1.54) is 9.75 Å². The summed E-state index contributed by atoms with van der Waals surface area (Å²) in [5, 5.41) is 0. The van der Waals surface area contributed by atoms with E-state index in [-0.39, 0.29) is 12.1 Å². The number of nitrogens with two attached hydrogens (primary N) is 1. The lowest BCUT2D eigenvalue weighted by Crippen LogP contribution is -2.43. The third-order valence-corrected chi connectivity index (χ3v) is 4.16. The van der Waals surface area contributed by atoms with Crippen LogP contribution in [-0.2, 0) is 4.74 Å². The Balaban J connectivity index is 2.86. The highest BCUT2D eigenvalue weighted by Crippen LogP contribution is 2.30. The normalized spacial score (nSPS) is 17.1. The van der Waals surface area contributed by atoms with E-state index in [4.69, 9.17) is 10.5 Å². The molecular formula is C13H24N2OS. The van der Waals surface area contributed by atoms with Gasteiger partial charge in [-0.3, -0.25) is 4.90 Å². The van der Waals surface area contributed by atoms with E-state index in [1.807, 2.05) is 11.3 Å². The van der Waals surface area contributed by atoms with E-state index in [9.17, 15) is 0 Å². The maximum Gasteiger partial charge on any atom is 0.0615 e. The number of aryl methyl sites for hydroxylation is 1. The number of nitrogens with zero attached hydrogens (tertiary/aromatic N) is 1. The van der Waals surface area contributed by atoms with E-state index >= 15 is 0 Å². The molecule has 0 fully saturated rings. The van der Waals surface area contributed by atoms with Crippen molar-refractivity contribution in [2.75, 3.05) is 20.8 Å². The summed E-state index contributed by atoms with van der Waals surface area (Å²) in [5.74, 6) is 0. The van der Waals surface area contributed by atoms with Crippen LogP contribution in [0.3, 0.4) is 0 Å². The lowest BCUT2D eigenvalue weighted by Gasteiger charge is -2.34. The summed E-state index contributed by atoms with van der Waals surface area (Å²) < 4.78 is 5.22. The van der Waals surface area contributed by atoms with Crippen molar-refractivity contribution in [3.05, 3.63) is 21.9 Å². The Labute approximate surface area is 109 Å². The number of methoxy groups -OCH3 is 1. The highest BCUT2D eigenvalue weighted by molar-refractivity contribution is 7.12. The first-order valence-electron chi connectivity index (χ1n) is 6.00. The van der Waals surface area contributed by atoms with E-state index in [1.54, 1.807) is 7.11 Å². The van der Waals surface area contributed by atoms with Gasteiger partial charge in [-0.25, -0.2) is 0 Å². The average molecular weight is 256 g/mol. The van der Waals surface area contributed by atoms with Crippen LogP contribution < -0.4 is 5.73 Å². The van der Waals surface area contributed by atoms with Crippen LogP contribution in [0.4, 0.5) is 0 Å². The molecule has 4 heteroatoms. The van der Waals surface area contributed by atoms with Gasteiger partial charge in [-0.05, 0) is 40.0 Å². The fourth-order valence-corrected chi connectivity index (χ4v) is 3.22. The molecule has 0 aliphatic rings. The molecule has 17 heavy (non-hydrogen) atoms. The van der Waals surface area contributed by atoms with Crippen molar-refractivity contribution in [2.45, 2.75) is 38.9 Å². The molecule has 0 radical (unpaired) electrons. The highest BCUT2D eigenvalue weighted by atomic mass is 32.1. The Kier molecular flexibility index (Phi) is 5.59. The van der Waals surface area contributed by atoms with Gasteiger partial charge in [-0.2, -0.15) is 0 Å². The fourth-order valence-electron chi connectivity index (χ4n) is 2.08. The van der Waals surface area contributed by atoms with Gasteiger partial charge in [0.2, 0.25) is 0 Å². The molecule has 0 bridgehead atoms. The molecule has 1 aromatic rings. The van der Waals surface area contributed by atoms with Crippen LogP contribution in [0.5, 0.6) is 0 Å². The van der Waals surface area contributed by atoms with Crippen LogP contribution in [0.25, 0.3) is 0 Å². The van der Waals surface area contributed by atoms with Gasteiger partial charge in [-0.1, -0.05) is 0 Å². The summed E-state index contributed by atoms with van der Waals surface area (Å²) in [7, 11) is 3.85. The van der Waals surface area contributed by atoms with Crippen molar-refractivity contribution >= 4 is 11.3 Å². The molecule has 0 aromatic carbocycles. The molecule has 1 rings (SSSR count). The number of rotatable bonds is 6. The molecule has 3 unspecified atom stereocenters. The van der Waals surface area contributed by atoms with Gasteiger partial charge in [0.05, 0.1) is 12.6 Å². The minimum atomic E-state index is 0.109. The van der Waals surface area contributed by atoms with Gasteiger partial charge < -0.3 is 10.5 Å². The van der Waals surface area contributed by atoms with Gasteiger partial charge in [0.1, 0.15) is 0 Å². The standard InChI is InChI=1S/C13H24N2OS/c1-9(8-16-5)15(4)13(11(3)14)12-7-6-10(2)17-12/h6-7,9,11,13H,8,14H2,1-5H3. The summed E-state index contributed by atoms with van der Waals surface area (Å²) in [5.41, 5.74) is 6.14. The maximum atomic E-state index is 6.14. The molecule has 0 aliphatic heterocycles. The zero-order chi connectivity index (χ0) is 13.0. The fraction of sp³-hybridized carbons (Fsp3) is 0.692. The molecule has 3 nitrogen and oxygen atoms in total. The lowest BCUT2D eigenvalue weighted by atomic mass is 10.1. The Hall–Kier alpha value is -0.420. The Morgan fingerprint density at radius 2 is 2.06 bits per heavy atom. The maximum absolute atomic E-state index is 6.14. The molecule has 3 atom stereocenters. The molecule has 0 saturated heterocycles. The minimum Gasteiger partial charge on any atom is -0.383 e. The van der Waals surface area contributed by atoms with Crippen LogP contribution in [0.1, 0.15) is 29.6 Å². The molecular weight excluding hydrogens is 232 g/mol. The first-order chi connectivity index (χ1) is 7.97. The van der Waals surface area contributed by atoms with Crippen molar-refractivity contribution in [1.29, 1.82) is 0 Å². The number of likely N-dealkylation sites (N-methyl/N-ethyl adjacent to an activating group) is 1.